The molecule has 0 aromatic carbocycles. The summed E-state index contributed by atoms with van der Waals surface area (Å²) in [5.74, 6) is 6.33. The summed E-state index contributed by atoms with van der Waals surface area (Å²) in [6.45, 7) is 10.2. The van der Waals surface area contributed by atoms with Crippen molar-refractivity contribution in [1.29, 1.82) is 0 Å². The van der Waals surface area contributed by atoms with Crippen molar-refractivity contribution in [3.63, 3.8) is 0 Å². The van der Waals surface area contributed by atoms with Gasteiger partial charge in [0.1, 0.15) is 0 Å². The van der Waals surface area contributed by atoms with Crippen LogP contribution in [-0.2, 0) is 4.74 Å². The average Bonchev–Trinajstić information content (AvgIpc) is 2.75. The van der Waals surface area contributed by atoms with Gasteiger partial charge in [0.15, 0.2) is 0 Å². The highest BCUT2D eigenvalue weighted by Crippen LogP contribution is 2.30. The molecule has 17 heavy (non-hydrogen) atoms. The molecule has 3 atom stereocenters. The van der Waals surface area contributed by atoms with Crippen LogP contribution in [0.3, 0.4) is 0 Å². The lowest BCUT2D eigenvalue weighted by Crippen LogP contribution is -2.38. The van der Waals surface area contributed by atoms with E-state index in [0.29, 0.717) is 23.5 Å². The second kappa shape index (κ2) is 6.72. The predicted octanol–water partition coefficient (Wildman–Crippen LogP) is 2.85. The van der Waals surface area contributed by atoms with E-state index in [1.54, 1.807) is 0 Å². The van der Waals surface area contributed by atoms with E-state index >= 15 is 0 Å². The molecule has 3 heteroatoms. The molecule has 0 aromatic rings. The molecule has 1 heterocycles. The minimum Gasteiger partial charge on any atom is -0.378 e. The number of hydrogen-bond acceptors (Lipinski definition) is 3. The van der Waals surface area contributed by atoms with Gasteiger partial charge in [0.05, 0.1) is 6.10 Å². The summed E-state index contributed by atoms with van der Waals surface area (Å²) in [7, 11) is 0. The Labute approximate surface area is 106 Å². The van der Waals surface area contributed by atoms with Crippen LogP contribution >= 0.6 is 0 Å². The minimum absolute atomic E-state index is 0.360. The van der Waals surface area contributed by atoms with E-state index in [1.165, 1.54) is 12.8 Å². The first kappa shape index (κ1) is 14.9. The van der Waals surface area contributed by atoms with Crippen LogP contribution in [0.25, 0.3) is 0 Å². The highest BCUT2D eigenvalue weighted by Gasteiger charge is 2.24. The molecule has 0 spiro atoms. The van der Waals surface area contributed by atoms with E-state index < -0.39 is 0 Å². The number of hydrazine groups is 1. The average molecular weight is 242 g/mol. The molecule has 1 fully saturated rings. The van der Waals surface area contributed by atoms with Gasteiger partial charge in [-0.1, -0.05) is 27.7 Å². The number of ether oxygens (including phenoxy) is 1. The van der Waals surface area contributed by atoms with Crippen molar-refractivity contribution in [3.05, 3.63) is 0 Å². The summed E-state index contributed by atoms with van der Waals surface area (Å²) in [5, 5.41) is 0. The predicted molar refractivity (Wildman–Crippen MR) is 72.6 cm³/mol. The van der Waals surface area contributed by atoms with Crippen LogP contribution in [0.1, 0.15) is 59.8 Å². The van der Waals surface area contributed by atoms with Crippen molar-refractivity contribution in [1.82, 2.24) is 5.43 Å². The van der Waals surface area contributed by atoms with Crippen molar-refractivity contribution in [2.24, 2.45) is 17.2 Å². The van der Waals surface area contributed by atoms with Crippen molar-refractivity contribution in [3.8, 4) is 0 Å². The molecule has 0 radical (unpaired) electrons. The van der Waals surface area contributed by atoms with Crippen molar-refractivity contribution in [2.75, 3.05) is 6.61 Å². The van der Waals surface area contributed by atoms with Crippen LogP contribution in [0.15, 0.2) is 0 Å². The molecule has 1 aliphatic rings. The lowest BCUT2D eigenvalue weighted by Gasteiger charge is -2.30. The van der Waals surface area contributed by atoms with E-state index in [4.69, 9.17) is 10.6 Å². The Morgan fingerprint density at radius 1 is 1.41 bits per heavy atom. The van der Waals surface area contributed by atoms with Gasteiger partial charge in [-0.15, -0.1) is 0 Å². The number of hydrogen-bond donors (Lipinski definition) is 2. The van der Waals surface area contributed by atoms with Crippen LogP contribution < -0.4 is 11.3 Å². The Bertz CT molecular complexity index is 207. The fourth-order valence-electron chi connectivity index (χ4n) is 2.31. The maximum atomic E-state index is 5.66. The fourth-order valence-corrected chi connectivity index (χ4v) is 2.31. The Balaban J connectivity index is 2.27. The third-order valence-electron chi connectivity index (χ3n) is 4.21. The largest absolute Gasteiger partial charge is 0.378 e. The van der Waals surface area contributed by atoms with Crippen molar-refractivity contribution in [2.45, 2.75) is 71.9 Å². The summed E-state index contributed by atoms with van der Waals surface area (Å²) in [6, 6.07) is 0.424. The smallest absolute Gasteiger partial charge is 0.0576 e. The van der Waals surface area contributed by atoms with E-state index in [2.05, 4.69) is 33.1 Å². The van der Waals surface area contributed by atoms with E-state index in [9.17, 15) is 0 Å². The number of nitrogens with one attached hydrogen (secondary N) is 1. The summed E-state index contributed by atoms with van der Waals surface area (Å²) in [6.07, 6.45) is 6.35. The van der Waals surface area contributed by atoms with E-state index in [-0.39, 0.29) is 0 Å². The van der Waals surface area contributed by atoms with Gasteiger partial charge in [0.25, 0.3) is 0 Å². The Morgan fingerprint density at radius 3 is 2.59 bits per heavy atom. The highest BCUT2D eigenvalue weighted by molar-refractivity contribution is 4.77. The topological polar surface area (TPSA) is 47.3 Å². The first-order valence-electron chi connectivity index (χ1n) is 7.01. The molecule has 1 rings (SSSR count). The zero-order valence-electron chi connectivity index (χ0n) is 12.0. The molecule has 3 unspecified atom stereocenters. The Hall–Kier alpha value is -0.120. The number of rotatable bonds is 6. The van der Waals surface area contributed by atoms with Gasteiger partial charge in [0.2, 0.25) is 0 Å². The van der Waals surface area contributed by atoms with Gasteiger partial charge < -0.3 is 4.74 Å². The van der Waals surface area contributed by atoms with Crippen LogP contribution in [0, 0.1) is 11.3 Å². The van der Waals surface area contributed by atoms with Gasteiger partial charge in [-0.2, -0.15) is 0 Å². The summed E-state index contributed by atoms with van der Waals surface area (Å²) in [5.41, 5.74) is 3.33. The summed E-state index contributed by atoms with van der Waals surface area (Å²) >= 11 is 0. The molecule has 0 aromatic heterocycles. The standard InChI is InChI=1S/C14H30N2O/c1-11(14(2,3)4)10-12(16-15)7-8-13-6-5-9-17-13/h11-13,16H,5-10,15H2,1-4H3. The summed E-state index contributed by atoms with van der Waals surface area (Å²) in [4.78, 5) is 0. The SMILES string of the molecule is CC(CC(CCC1CCCO1)NN)C(C)(C)C. The van der Waals surface area contributed by atoms with Gasteiger partial charge in [-0.3, -0.25) is 11.3 Å². The van der Waals surface area contributed by atoms with Gasteiger partial charge in [-0.05, 0) is 43.4 Å². The van der Waals surface area contributed by atoms with Crippen LogP contribution in [0.5, 0.6) is 0 Å². The third-order valence-corrected chi connectivity index (χ3v) is 4.21. The molecule has 102 valence electrons. The lowest BCUT2D eigenvalue weighted by atomic mass is 9.78. The quantitative estimate of drug-likeness (QED) is 0.556. The highest BCUT2D eigenvalue weighted by atomic mass is 16.5. The van der Waals surface area contributed by atoms with Gasteiger partial charge in [0, 0.05) is 12.6 Å². The maximum absolute atomic E-state index is 5.66. The molecular weight excluding hydrogens is 212 g/mol. The lowest BCUT2D eigenvalue weighted by molar-refractivity contribution is 0.0973. The Morgan fingerprint density at radius 2 is 2.12 bits per heavy atom. The molecular formula is C14H30N2O. The molecule has 3 N–H and O–H groups in total. The molecule has 0 bridgehead atoms. The van der Waals surface area contributed by atoms with Gasteiger partial charge in [-0.25, -0.2) is 0 Å². The monoisotopic (exact) mass is 242 g/mol. The second-order valence-corrected chi connectivity index (χ2v) is 6.58. The maximum Gasteiger partial charge on any atom is 0.0576 e. The first-order valence-corrected chi connectivity index (χ1v) is 7.01. The molecule has 3 nitrogen and oxygen atoms in total. The molecule has 0 saturated carbocycles. The van der Waals surface area contributed by atoms with Crippen LogP contribution in [0.4, 0.5) is 0 Å². The Kier molecular flexibility index (Phi) is 5.90. The third kappa shape index (κ3) is 5.36. The fraction of sp³-hybridized carbons (Fsp3) is 1.00. The zero-order chi connectivity index (χ0) is 12.9. The summed E-state index contributed by atoms with van der Waals surface area (Å²) < 4.78 is 5.65. The molecule has 1 saturated heterocycles. The normalized spacial score (nSPS) is 24.9. The van der Waals surface area contributed by atoms with E-state index in [1.807, 2.05) is 0 Å². The van der Waals surface area contributed by atoms with Crippen LogP contribution in [-0.4, -0.2) is 18.8 Å². The first-order chi connectivity index (χ1) is 7.93. The second-order valence-electron chi connectivity index (χ2n) is 6.58. The zero-order valence-corrected chi connectivity index (χ0v) is 12.0. The minimum atomic E-state index is 0.360. The molecule has 0 amide bonds. The molecule has 1 aliphatic heterocycles. The van der Waals surface area contributed by atoms with Crippen LogP contribution in [0.2, 0.25) is 0 Å². The van der Waals surface area contributed by atoms with Crippen molar-refractivity contribution < 1.29 is 4.74 Å². The van der Waals surface area contributed by atoms with Gasteiger partial charge >= 0.3 is 0 Å². The van der Waals surface area contributed by atoms with Crippen molar-refractivity contribution >= 4 is 0 Å². The number of nitrogens with two attached hydrogens (primary N) is 1. The van der Waals surface area contributed by atoms with E-state index in [0.717, 1.165) is 25.9 Å². The molecule has 0 aliphatic carbocycles.